The van der Waals surface area contributed by atoms with Crippen LogP contribution < -0.4 is 10.9 Å². The van der Waals surface area contributed by atoms with Crippen molar-refractivity contribution in [1.29, 1.82) is 0 Å². The molecule has 3 aromatic rings. The molecule has 158 valence electrons. The number of nitrogens with zero attached hydrogens (tertiary/aromatic N) is 3. The highest BCUT2D eigenvalue weighted by molar-refractivity contribution is 8.26. The standard InChI is InChI=1S/C22H20N4O3S2/c1-14-6-5-10-25-19(14)24-18(23-9-11-27)16(20(25)28)12-17-21(29)26(22(30)31-17)13-15-7-3-2-4-8-15/h2-8,10,12,23,27H,9,11,13H2,1H3/b17-12-. The van der Waals surface area contributed by atoms with Gasteiger partial charge in [-0.3, -0.25) is 18.9 Å². The van der Waals surface area contributed by atoms with Crippen LogP contribution in [-0.2, 0) is 11.3 Å². The van der Waals surface area contributed by atoms with Gasteiger partial charge in [-0.25, -0.2) is 4.98 Å². The van der Waals surface area contributed by atoms with Crippen LogP contribution in [0.2, 0.25) is 0 Å². The minimum absolute atomic E-state index is 0.118. The third kappa shape index (κ3) is 4.25. The van der Waals surface area contributed by atoms with E-state index in [9.17, 15) is 14.7 Å². The normalized spacial score (nSPS) is 15.3. The zero-order valence-electron chi connectivity index (χ0n) is 16.7. The van der Waals surface area contributed by atoms with Gasteiger partial charge < -0.3 is 10.4 Å². The highest BCUT2D eigenvalue weighted by atomic mass is 32.2. The number of benzene rings is 1. The van der Waals surface area contributed by atoms with Crippen LogP contribution in [0.3, 0.4) is 0 Å². The number of anilines is 1. The third-order valence-corrected chi connectivity index (χ3v) is 6.20. The Balaban J connectivity index is 1.76. The number of aliphatic hydroxyl groups is 1. The van der Waals surface area contributed by atoms with E-state index < -0.39 is 0 Å². The number of thiocarbonyl (C=S) groups is 1. The van der Waals surface area contributed by atoms with Crippen LogP contribution in [0, 0.1) is 6.92 Å². The molecule has 9 heteroatoms. The number of rotatable bonds is 6. The maximum absolute atomic E-state index is 13.2. The molecule has 7 nitrogen and oxygen atoms in total. The second-order valence-corrected chi connectivity index (χ2v) is 8.64. The fraction of sp³-hybridized carbons (Fsp3) is 0.182. The smallest absolute Gasteiger partial charge is 0.267 e. The number of aromatic nitrogens is 2. The van der Waals surface area contributed by atoms with E-state index in [-0.39, 0.29) is 30.2 Å². The van der Waals surface area contributed by atoms with Gasteiger partial charge in [0, 0.05) is 12.7 Å². The molecule has 1 aliphatic rings. The fourth-order valence-corrected chi connectivity index (χ4v) is 4.52. The van der Waals surface area contributed by atoms with Gasteiger partial charge in [0.25, 0.3) is 11.5 Å². The number of carbonyl (C=O) groups excluding carboxylic acids is 1. The summed E-state index contributed by atoms with van der Waals surface area (Å²) >= 11 is 6.58. The predicted molar refractivity (Wildman–Crippen MR) is 127 cm³/mol. The molecular weight excluding hydrogens is 432 g/mol. The van der Waals surface area contributed by atoms with Gasteiger partial charge in [0.1, 0.15) is 15.8 Å². The Labute approximate surface area is 188 Å². The van der Waals surface area contributed by atoms with Crippen molar-refractivity contribution < 1.29 is 9.90 Å². The molecule has 0 unspecified atom stereocenters. The average Bonchev–Trinajstić information content (AvgIpc) is 3.03. The quantitative estimate of drug-likeness (QED) is 0.439. The van der Waals surface area contributed by atoms with E-state index in [2.05, 4.69) is 10.3 Å². The number of thioether (sulfide) groups is 1. The molecule has 2 aromatic heterocycles. The molecule has 2 N–H and O–H groups in total. The van der Waals surface area contributed by atoms with Gasteiger partial charge in [-0.05, 0) is 30.2 Å². The number of nitrogens with one attached hydrogen (secondary N) is 1. The lowest BCUT2D eigenvalue weighted by Gasteiger charge is -2.14. The van der Waals surface area contributed by atoms with Crippen molar-refractivity contribution in [3.8, 4) is 0 Å². The molecule has 0 aliphatic carbocycles. The van der Waals surface area contributed by atoms with Crippen LogP contribution >= 0.6 is 24.0 Å². The van der Waals surface area contributed by atoms with E-state index in [4.69, 9.17) is 12.2 Å². The Morgan fingerprint density at radius 3 is 2.71 bits per heavy atom. The Morgan fingerprint density at radius 2 is 1.97 bits per heavy atom. The fourth-order valence-electron chi connectivity index (χ4n) is 3.28. The molecule has 1 aromatic carbocycles. The molecule has 3 heterocycles. The van der Waals surface area contributed by atoms with Gasteiger partial charge in [0.15, 0.2) is 0 Å². The first kappa shape index (κ1) is 21.2. The molecule has 1 saturated heterocycles. The lowest BCUT2D eigenvalue weighted by molar-refractivity contribution is -0.122. The highest BCUT2D eigenvalue weighted by Crippen LogP contribution is 2.34. The molecule has 4 rings (SSSR count). The van der Waals surface area contributed by atoms with Crippen molar-refractivity contribution in [3.63, 3.8) is 0 Å². The zero-order valence-corrected chi connectivity index (χ0v) is 18.4. The summed E-state index contributed by atoms with van der Waals surface area (Å²) in [6.45, 7) is 2.34. The van der Waals surface area contributed by atoms with Crippen LogP contribution in [0.25, 0.3) is 11.7 Å². The van der Waals surface area contributed by atoms with Gasteiger partial charge in [0.2, 0.25) is 0 Å². The molecule has 1 amide bonds. The minimum atomic E-state index is -0.303. The summed E-state index contributed by atoms with van der Waals surface area (Å²) < 4.78 is 1.89. The van der Waals surface area contributed by atoms with Crippen molar-refractivity contribution in [1.82, 2.24) is 14.3 Å². The third-order valence-electron chi connectivity index (χ3n) is 4.82. The lowest BCUT2D eigenvalue weighted by atomic mass is 10.2. The van der Waals surface area contributed by atoms with Gasteiger partial charge in [-0.15, -0.1) is 0 Å². The summed E-state index contributed by atoms with van der Waals surface area (Å²) in [5.74, 6) is 0.0716. The van der Waals surface area contributed by atoms with Crippen LogP contribution in [0.1, 0.15) is 16.7 Å². The van der Waals surface area contributed by atoms with E-state index >= 15 is 0 Å². The van der Waals surface area contributed by atoms with Crippen molar-refractivity contribution in [2.45, 2.75) is 13.5 Å². The highest BCUT2D eigenvalue weighted by Gasteiger charge is 2.32. The van der Waals surface area contributed by atoms with Gasteiger partial charge in [-0.1, -0.05) is 60.4 Å². The summed E-state index contributed by atoms with van der Waals surface area (Å²) in [5, 5.41) is 12.2. The first-order valence-corrected chi connectivity index (χ1v) is 10.9. The number of hydrogen-bond acceptors (Lipinski definition) is 7. The van der Waals surface area contributed by atoms with Gasteiger partial charge >= 0.3 is 0 Å². The van der Waals surface area contributed by atoms with Crippen LogP contribution in [0.5, 0.6) is 0 Å². The van der Waals surface area contributed by atoms with E-state index in [0.29, 0.717) is 27.2 Å². The molecule has 0 spiro atoms. The largest absolute Gasteiger partial charge is 0.395 e. The van der Waals surface area contributed by atoms with Crippen molar-refractivity contribution >= 4 is 51.7 Å². The molecule has 0 atom stereocenters. The number of aliphatic hydroxyl groups excluding tert-OH is 1. The Kier molecular flexibility index (Phi) is 6.17. The molecule has 1 fully saturated rings. The van der Waals surface area contributed by atoms with Crippen molar-refractivity contribution in [3.05, 3.63) is 80.6 Å². The molecule has 31 heavy (non-hydrogen) atoms. The molecule has 0 saturated carbocycles. The number of fused-ring (bicyclic) bond motifs is 1. The maximum Gasteiger partial charge on any atom is 0.267 e. The summed E-state index contributed by atoms with van der Waals surface area (Å²) in [7, 11) is 0. The van der Waals surface area contributed by atoms with Gasteiger partial charge in [-0.2, -0.15) is 0 Å². The van der Waals surface area contributed by atoms with E-state index in [1.165, 1.54) is 15.4 Å². The first-order chi connectivity index (χ1) is 15.0. The maximum atomic E-state index is 13.2. The van der Waals surface area contributed by atoms with Crippen molar-refractivity contribution in [2.75, 3.05) is 18.5 Å². The summed E-state index contributed by atoms with van der Waals surface area (Å²) in [6, 6.07) is 13.2. The molecule has 0 radical (unpaired) electrons. The van der Waals surface area contributed by atoms with E-state index in [0.717, 1.165) is 22.9 Å². The van der Waals surface area contributed by atoms with Crippen LogP contribution in [-0.4, -0.2) is 42.8 Å². The number of hydrogen-bond donors (Lipinski definition) is 2. The first-order valence-electron chi connectivity index (χ1n) is 9.65. The second kappa shape index (κ2) is 9.01. The van der Waals surface area contributed by atoms with Crippen molar-refractivity contribution in [2.24, 2.45) is 0 Å². The minimum Gasteiger partial charge on any atom is -0.395 e. The van der Waals surface area contributed by atoms with E-state index in [1.807, 2.05) is 43.3 Å². The second-order valence-electron chi connectivity index (χ2n) is 6.97. The zero-order chi connectivity index (χ0) is 22.0. The summed E-state index contributed by atoms with van der Waals surface area (Å²) in [5.41, 5.74) is 2.27. The SMILES string of the molecule is Cc1cccn2c(=O)c(/C=C3\SC(=S)N(Cc4ccccc4)C3=O)c(NCCO)nc12. The van der Waals surface area contributed by atoms with Crippen LogP contribution in [0.4, 0.5) is 5.82 Å². The van der Waals surface area contributed by atoms with Crippen LogP contribution in [0.15, 0.2) is 58.4 Å². The number of aryl methyl sites for hydroxylation is 1. The Morgan fingerprint density at radius 1 is 1.19 bits per heavy atom. The van der Waals surface area contributed by atoms with E-state index in [1.54, 1.807) is 12.3 Å². The lowest BCUT2D eigenvalue weighted by Crippen LogP contribution is -2.27. The number of amides is 1. The summed E-state index contributed by atoms with van der Waals surface area (Å²) in [4.78, 5) is 32.7. The number of carbonyl (C=O) groups is 1. The molecular formula is C22H20N4O3S2. The monoisotopic (exact) mass is 452 g/mol. The summed E-state index contributed by atoms with van der Waals surface area (Å²) in [6.07, 6.45) is 3.18. The predicted octanol–water partition coefficient (Wildman–Crippen LogP) is 2.81. The topological polar surface area (TPSA) is 86.9 Å². The average molecular weight is 453 g/mol. The number of pyridine rings is 1. The Hall–Kier alpha value is -3.01. The molecule has 1 aliphatic heterocycles. The molecule has 0 bridgehead atoms. The van der Waals surface area contributed by atoms with Gasteiger partial charge in [0.05, 0.1) is 23.6 Å². The Bertz CT molecular complexity index is 1250.